The second kappa shape index (κ2) is 6.24. The maximum atomic E-state index is 9.90. The van der Waals surface area contributed by atoms with Crippen LogP contribution in [0.1, 0.15) is 25.5 Å². The summed E-state index contributed by atoms with van der Waals surface area (Å²) in [5.41, 5.74) is 0.682. The Bertz CT molecular complexity index is 544. The molecule has 0 bridgehead atoms. The molecule has 2 heterocycles. The van der Waals surface area contributed by atoms with E-state index in [0.29, 0.717) is 10.8 Å². The molecule has 2 N–H and O–H groups in total. The molecule has 1 fully saturated rings. The van der Waals surface area contributed by atoms with Crippen molar-refractivity contribution in [2.45, 2.75) is 19.9 Å². The summed E-state index contributed by atoms with van der Waals surface area (Å²) in [4.78, 5) is 2.39. The topological polar surface area (TPSA) is 54.0 Å². The van der Waals surface area contributed by atoms with Crippen LogP contribution in [0.2, 0.25) is 5.02 Å². The van der Waals surface area contributed by atoms with Gasteiger partial charge in [-0.05, 0) is 11.6 Å². The van der Waals surface area contributed by atoms with E-state index in [1.165, 1.54) is 0 Å². The summed E-state index contributed by atoms with van der Waals surface area (Å²) in [5.74, 6) is 1.42. The number of nitrogens with one attached hydrogen (secondary N) is 1. The zero-order valence-electron chi connectivity index (χ0n) is 13.1. The number of halogens is 1. The number of fused-ring (bicyclic) bond motifs is 1. The summed E-state index contributed by atoms with van der Waals surface area (Å²) in [6.45, 7) is 8.21. The Morgan fingerprint density at radius 2 is 1.91 bits per heavy atom. The number of rotatable bonds is 4. The lowest BCUT2D eigenvalue weighted by Crippen LogP contribution is -2.49. The molecule has 0 saturated carbocycles. The van der Waals surface area contributed by atoms with Gasteiger partial charge in [-0.2, -0.15) is 0 Å². The van der Waals surface area contributed by atoms with Gasteiger partial charge >= 0.3 is 0 Å². The first-order valence-corrected chi connectivity index (χ1v) is 8.05. The van der Waals surface area contributed by atoms with E-state index in [1.807, 2.05) is 12.1 Å². The zero-order valence-corrected chi connectivity index (χ0v) is 13.8. The second-order valence-electron chi connectivity index (χ2n) is 6.56. The van der Waals surface area contributed by atoms with Crippen LogP contribution in [0.25, 0.3) is 0 Å². The molecule has 122 valence electrons. The van der Waals surface area contributed by atoms with Crippen LogP contribution in [0.15, 0.2) is 12.1 Å². The molecule has 22 heavy (non-hydrogen) atoms. The number of ether oxygens (including phenoxy) is 2. The Kier molecular flexibility index (Phi) is 4.50. The Balaban J connectivity index is 2.01. The Morgan fingerprint density at radius 3 is 2.55 bits per heavy atom. The van der Waals surface area contributed by atoms with Crippen LogP contribution in [0.3, 0.4) is 0 Å². The monoisotopic (exact) mass is 326 g/mol. The number of hydrogen-bond donors (Lipinski definition) is 2. The third-order valence-electron chi connectivity index (χ3n) is 4.45. The first-order valence-electron chi connectivity index (χ1n) is 7.67. The minimum Gasteiger partial charge on any atom is -0.454 e. The van der Waals surface area contributed by atoms with E-state index in [9.17, 15) is 5.11 Å². The molecule has 0 aliphatic carbocycles. The van der Waals surface area contributed by atoms with Gasteiger partial charge in [0.05, 0.1) is 0 Å². The van der Waals surface area contributed by atoms with Crippen LogP contribution in [-0.4, -0.2) is 49.6 Å². The molecular formula is C16H23ClN2O3. The maximum Gasteiger partial charge on any atom is 0.231 e. The van der Waals surface area contributed by atoms with Crippen molar-refractivity contribution in [1.82, 2.24) is 10.2 Å². The van der Waals surface area contributed by atoms with E-state index < -0.39 is 0 Å². The third kappa shape index (κ3) is 2.91. The first-order chi connectivity index (χ1) is 10.5. The molecule has 5 nitrogen and oxygen atoms in total. The lowest BCUT2D eigenvalue weighted by Gasteiger charge is -2.43. The fourth-order valence-corrected chi connectivity index (χ4v) is 3.54. The third-order valence-corrected chi connectivity index (χ3v) is 4.78. The standard InChI is InChI=1S/C16H23ClN2O3/c1-16(2,9-20)15(19-5-3-18-4-6-19)11-7-13-14(8-12(11)17)22-10-21-13/h7-8,15,18,20H,3-6,9-10H2,1-2H3/t15-/m0/s1. The van der Waals surface area contributed by atoms with E-state index in [0.717, 1.165) is 37.5 Å². The van der Waals surface area contributed by atoms with Crippen LogP contribution >= 0.6 is 11.6 Å². The van der Waals surface area contributed by atoms with Crippen molar-refractivity contribution in [3.8, 4) is 11.5 Å². The highest BCUT2D eigenvalue weighted by Crippen LogP contribution is 2.45. The van der Waals surface area contributed by atoms with Gasteiger partial charge in [0.15, 0.2) is 11.5 Å². The lowest BCUT2D eigenvalue weighted by atomic mass is 9.79. The van der Waals surface area contributed by atoms with Gasteiger partial charge < -0.3 is 19.9 Å². The number of nitrogens with zero attached hydrogens (tertiary/aromatic N) is 1. The molecule has 1 saturated heterocycles. The summed E-state index contributed by atoms with van der Waals surface area (Å²) in [6, 6.07) is 3.82. The Morgan fingerprint density at radius 1 is 1.27 bits per heavy atom. The summed E-state index contributed by atoms with van der Waals surface area (Å²) in [6.07, 6.45) is 0. The molecule has 1 aromatic rings. The van der Waals surface area contributed by atoms with Crippen LogP contribution in [0, 0.1) is 5.41 Å². The fraction of sp³-hybridized carbons (Fsp3) is 0.625. The summed E-state index contributed by atoms with van der Waals surface area (Å²) < 4.78 is 10.9. The van der Waals surface area contributed by atoms with E-state index in [4.69, 9.17) is 21.1 Å². The predicted octanol–water partition coefficient (Wildman–Crippen LogP) is 2.03. The molecule has 0 aromatic heterocycles. The predicted molar refractivity (Wildman–Crippen MR) is 85.6 cm³/mol. The first kappa shape index (κ1) is 15.9. The molecule has 6 heteroatoms. The number of aliphatic hydroxyl groups excluding tert-OH is 1. The van der Waals surface area contributed by atoms with Crippen molar-refractivity contribution in [2.75, 3.05) is 39.6 Å². The molecule has 2 aliphatic heterocycles. The van der Waals surface area contributed by atoms with Gasteiger partial charge in [-0.15, -0.1) is 0 Å². The summed E-state index contributed by atoms with van der Waals surface area (Å²) >= 11 is 6.53. The maximum absolute atomic E-state index is 9.90. The van der Waals surface area contributed by atoms with Gasteiger partial charge in [-0.1, -0.05) is 25.4 Å². The molecule has 0 unspecified atom stereocenters. The van der Waals surface area contributed by atoms with Crippen molar-refractivity contribution in [3.63, 3.8) is 0 Å². The number of benzene rings is 1. The summed E-state index contributed by atoms with van der Waals surface area (Å²) in [5, 5.41) is 13.9. The van der Waals surface area contributed by atoms with Crippen molar-refractivity contribution in [1.29, 1.82) is 0 Å². The van der Waals surface area contributed by atoms with Gasteiger partial charge in [0, 0.05) is 55.3 Å². The van der Waals surface area contributed by atoms with Gasteiger partial charge in [0.1, 0.15) is 0 Å². The minimum absolute atomic E-state index is 0.0293. The van der Waals surface area contributed by atoms with Crippen LogP contribution < -0.4 is 14.8 Å². The normalized spacial score (nSPS) is 20.2. The number of aliphatic hydroxyl groups is 1. The number of piperazine rings is 1. The van der Waals surface area contributed by atoms with E-state index in [2.05, 4.69) is 24.1 Å². The van der Waals surface area contributed by atoms with Crippen molar-refractivity contribution >= 4 is 11.6 Å². The molecule has 1 aromatic carbocycles. The molecule has 1 atom stereocenters. The smallest absolute Gasteiger partial charge is 0.231 e. The fourth-order valence-electron chi connectivity index (χ4n) is 3.28. The minimum atomic E-state index is -0.311. The van der Waals surface area contributed by atoms with Crippen molar-refractivity contribution in [2.24, 2.45) is 5.41 Å². The molecule has 0 radical (unpaired) electrons. The molecule has 3 rings (SSSR count). The van der Waals surface area contributed by atoms with E-state index in [1.54, 1.807) is 0 Å². The number of hydrogen-bond acceptors (Lipinski definition) is 5. The van der Waals surface area contributed by atoms with E-state index >= 15 is 0 Å². The largest absolute Gasteiger partial charge is 0.454 e. The Hall–Kier alpha value is -1.01. The van der Waals surface area contributed by atoms with Crippen molar-refractivity contribution < 1.29 is 14.6 Å². The SMILES string of the molecule is CC(C)(CO)[C@H](c1cc2c(cc1Cl)OCO2)N1CCNCC1. The van der Waals surface area contributed by atoms with E-state index in [-0.39, 0.29) is 24.9 Å². The van der Waals surface area contributed by atoms with Gasteiger partial charge in [0.2, 0.25) is 6.79 Å². The quantitative estimate of drug-likeness (QED) is 0.886. The van der Waals surface area contributed by atoms with Gasteiger partial charge in [-0.25, -0.2) is 0 Å². The lowest BCUT2D eigenvalue weighted by molar-refractivity contribution is 0.0305. The zero-order chi connectivity index (χ0) is 15.7. The summed E-state index contributed by atoms with van der Waals surface area (Å²) in [7, 11) is 0. The highest BCUT2D eigenvalue weighted by Gasteiger charge is 2.37. The average molecular weight is 327 g/mol. The van der Waals surface area contributed by atoms with Crippen LogP contribution in [0.4, 0.5) is 0 Å². The van der Waals surface area contributed by atoms with Crippen LogP contribution in [0.5, 0.6) is 11.5 Å². The molecule has 0 spiro atoms. The molecular weight excluding hydrogens is 304 g/mol. The average Bonchev–Trinajstić information content (AvgIpc) is 2.95. The van der Waals surface area contributed by atoms with Crippen LogP contribution in [-0.2, 0) is 0 Å². The van der Waals surface area contributed by atoms with Crippen molar-refractivity contribution in [3.05, 3.63) is 22.7 Å². The highest BCUT2D eigenvalue weighted by molar-refractivity contribution is 6.31. The Labute approximate surface area is 136 Å². The highest BCUT2D eigenvalue weighted by atomic mass is 35.5. The van der Waals surface area contributed by atoms with Gasteiger partial charge in [0.25, 0.3) is 0 Å². The second-order valence-corrected chi connectivity index (χ2v) is 6.97. The molecule has 0 amide bonds. The molecule has 2 aliphatic rings. The van der Waals surface area contributed by atoms with Gasteiger partial charge in [-0.3, -0.25) is 4.90 Å².